The number of halogens is 1. The summed E-state index contributed by atoms with van der Waals surface area (Å²) in [5, 5.41) is 3.21. The van der Waals surface area contributed by atoms with E-state index in [0.717, 1.165) is 45.7 Å². The summed E-state index contributed by atoms with van der Waals surface area (Å²) < 4.78 is 24.9. The van der Waals surface area contributed by atoms with Crippen molar-refractivity contribution in [3.8, 4) is 5.75 Å². The van der Waals surface area contributed by atoms with Crippen molar-refractivity contribution in [3.05, 3.63) is 29.6 Å². The highest BCUT2D eigenvalue weighted by Gasteiger charge is 2.20. The van der Waals surface area contributed by atoms with Crippen LogP contribution in [0, 0.1) is 5.82 Å². The van der Waals surface area contributed by atoms with Gasteiger partial charge >= 0.3 is 0 Å². The van der Waals surface area contributed by atoms with E-state index in [1.807, 2.05) is 13.1 Å². The number of benzene rings is 1. The number of methoxy groups -OCH3 is 1. The summed E-state index contributed by atoms with van der Waals surface area (Å²) in [5.41, 5.74) is 0.619. The molecule has 1 aliphatic rings. The first-order chi connectivity index (χ1) is 10.3. The second kappa shape index (κ2) is 8.32. The van der Waals surface area contributed by atoms with E-state index in [1.165, 1.54) is 6.07 Å². The van der Waals surface area contributed by atoms with Crippen LogP contribution in [-0.2, 0) is 4.74 Å². The zero-order valence-corrected chi connectivity index (χ0v) is 12.9. The van der Waals surface area contributed by atoms with Gasteiger partial charge in [-0.15, -0.1) is 0 Å². The topological polar surface area (TPSA) is 33.7 Å². The van der Waals surface area contributed by atoms with E-state index < -0.39 is 0 Å². The Morgan fingerprint density at radius 2 is 2.24 bits per heavy atom. The van der Waals surface area contributed by atoms with Crippen LogP contribution in [0.3, 0.4) is 0 Å². The Hall–Kier alpha value is -1.17. The normalized spacial score (nSPS) is 18.2. The first-order valence-electron chi connectivity index (χ1n) is 7.56. The lowest BCUT2D eigenvalue weighted by atomic mass is 10.0. The molecule has 0 aliphatic carbocycles. The minimum absolute atomic E-state index is 0.0506. The molecular formula is C16H25FN2O2. The Morgan fingerprint density at radius 3 is 3.00 bits per heavy atom. The maximum Gasteiger partial charge on any atom is 0.131 e. The van der Waals surface area contributed by atoms with Gasteiger partial charge in [-0.25, -0.2) is 4.39 Å². The van der Waals surface area contributed by atoms with Crippen molar-refractivity contribution in [1.82, 2.24) is 10.2 Å². The summed E-state index contributed by atoms with van der Waals surface area (Å²) in [6.07, 6.45) is 1.90. The molecule has 4 nitrogen and oxygen atoms in total. The molecule has 1 N–H and O–H groups in total. The number of rotatable bonds is 6. The van der Waals surface area contributed by atoms with E-state index in [9.17, 15) is 4.39 Å². The van der Waals surface area contributed by atoms with E-state index in [2.05, 4.69) is 10.2 Å². The van der Waals surface area contributed by atoms with Crippen molar-refractivity contribution in [2.24, 2.45) is 0 Å². The SMILES string of the molecule is CNC(CCN1CCCOCC1)c1c(F)cccc1OC. The van der Waals surface area contributed by atoms with Crippen LogP contribution >= 0.6 is 0 Å². The molecule has 1 aromatic carbocycles. The van der Waals surface area contributed by atoms with E-state index >= 15 is 0 Å². The van der Waals surface area contributed by atoms with Crippen molar-refractivity contribution >= 4 is 0 Å². The number of nitrogens with one attached hydrogen (secondary N) is 1. The van der Waals surface area contributed by atoms with Gasteiger partial charge in [-0.2, -0.15) is 0 Å². The van der Waals surface area contributed by atoms with Gasteiger partial charge in [0, 0.05) is 37.8 Å². The van der Waals surface area contributed by atoms with E-state index in [1.54, 1.807) is 13.2 Å². The van der Waals surface area contributed by atoms with E-state index in [4.69, 9.17) is 9.47 Å². The monoisotopic (exact) mass is 296 g/mol. The van der Waals surface area contributed by atoms with Crippen molar-refractivity contribution in [3.63, 3.8) is 0 Å². The molecule has 118 valence electrons. The third-order valence-corrected chi connectivity index (χ3v) is 3.98. The highest BCUT2D eigenvalue weighted by Crippen LogP contribution is 2.29. The zero-order chi connectivity index (χ0) is 15.1. The molecule has 0 aromatic heterocycles. The minimum Gasteiger partial charge on any atom is -0.496 e. The summed E-state index contributed by atoms with van der Waals surface area (Å²) >= 11 is 0. The summed E-state index contributed by atoms with van der Waals surface area (Å²) in [7, 11) is 3.44. The summed E-state index contributed by atoms with van der Waals surface area (Å²) in [5.74, 6) is 0.390. The van der Waals surface area contributed by atoms with Crippen molar-refractivity contribution in [1.29, 1.82) is 0 Å². The zero-order valence-electron chi connectivity index (χ0n) is 12.9. The van der Waals surface area contributed by atoms with Crippen LogP contribution in [0.2, 0.25) is 0 Å². The van der Waals surface area contributed by atoms with Crippen LogP contribution in [0.5, 0.6) is 5.75 Å². The fourth-order valence-corrected chi connectivity index (χ4v) is 2.80. The van der Waals surface area contributed by atoms with Crippen molar-refractivity contribution < 1.29 is 13.9 Å². The molecule has 21 heavy (non-hydrogen) atoms. The second-order valence-corrected chi connectivity index (χ2v) is 5.29. The van der Waals surface area contributed by atoms with E-state index in [-0.39, 0.29) is 11.9 Å². The Morgan fingerprint density at radius 1 is 1.38 bits per heavy atom. The second-order valence-electron chi connectivity index (χ2n) is 5.29. The largest absolute Gasteiger partial charge is 0.496 e. The molecule has 1 unspecified atom stereocenters. The first-order valence-corrected chi connectivity index (χ1v) is 7.56. The molecule has 0 spiro atoms. The van der Waals surface area contributed by atoms with E-state index in [0.29, 0.717) is 11.3 Å². The molecule has 1 aliphatic heterocycles. The average Bonchev–Trinajstić information content (AvgIpc) is 2.77. The summed E-state index contributed by atoms with van der Waals surface area (Å²) in [4.78, 5) is 2.38. The molecule has 0 amide bonds. The molecule has 1 fully saturated rings. The molecule has 0 radical (unpaired) electrons. The van der Waals surface area contributed by atoms with Gasteiger partial charge in [0.25, 0.3) is 0 Å². The smallest absolute Gasteiger partial charge is 0.131 e. The Labute approximate surface area is 126 Å². The lowest BCUT2D eigenvalue weighted by molar-refractivity contribution is 0.140. The van der Waals surface area contributed by atoms with Gasteiger partial charge in [-0.1, -0.05) is 6.07 Å². The van der Waals surface area contributed by atoms with Gasteiger partial charge in [0.2, 0.25) is 0 Å². The van der Waals surface area contributed by atoms with Gasteiger partial charge in [-0.05, 0) is 32.0 Å². The molecule has 5 heteroatoms. The van der Waals surface area contributed by atoms with Crippen LogP contribution in [0.1, 0.15) is 24.4 Å². The molecule has 1 heterocycles. The van der Waals surface area contributed by atoms with Crippen LogP contribution < -0.4 is 10.1 Å². The molecular weight excluding hydrogens is 271 g/mol. The van der Waals surface area contributed by atoms with Crippen LogP contribution in [-0.4, -0.2) is 51.9 Å². The Balaban J connectivity index is 2.02. The predicted molar refractivity (Wildman–Crippen MR) is 81.2 cm³/mol. The fourth-order valence-electron chi connectivity index (χ4n) is 2.80. The molecule has 0 saturated carbocycles. The third-order valence-electron chi connectivity index (χ3n) is 3.98. The highest BCUT2D eigenvalue weighted by atomic mass is 19.1. The van der Waals surface area contributed by atoms with Gasteiger partial charge in [-0.3, -0.25) is 0 Å². The maximum absolute atomic E-state index is 14.2. The van der Waals surface area contributed by atoms with Gasteiger partial charge in [0.05, 0.1) is 13.7 Å². The number of hydrogen-bond acceptors (Lipinski definition) is 4. The van der Waals surface area contributed by atoms with Crippen LogP contribution in [0.4, 0.5) is 4.39 Å². The van der Waals surface area contributed by atoms with Crippen LogP contribution in [0.25, 0.3) is 0 Å². The summed E-state index contributed by atoms with van der Waals surface area (Å²) in [6.45, 7) is 4.54. The molecule has 1 saturated heterocycles. The highest BCUT2D eigenvalue weighted by molar-refractivity contribution is 5.37. The van der Waals surface area contributed by atoms with Crippen molar-refractivity contribution in [2.75, 3.05) is 47.0 Å². The standard InChI is InChI=1S/C16H25FN2O2/c1-18-14(7-9-19-8-4-11-21-12-10-19)16-13(17)5-3-6-15(16)20-2/h3,5-6,14,18H,4,7-12H2,1-2H3. The molecule has 2 rings (SSSR count). The average molecular weight is 296 g/mol. The molecule has 0 bridgehead atoms. The van der Waals surface area contributed by atoms with Crippen LogP contribution in [0.15, 0.2) is 18.2 Å². The third kappa shape index (κ3) is 4.40. The van der Waals surface area contributed by atoms with Crippen molar-refractivity contribution in [2.45, 2.75) is 18.9 Å². The Kier molecular flexibility index (Phi) is 6.42. The van der Waals surface area contributed by atoms with Gasteiger partial charge in [0.1, 0.15) is 11.6 Å². The molecule has 1 atom stereocenters. The molecule has 1 aromatic rings. The van der Waals surface area contributed by atoms with Gasteiger partial charge in [0.15, 0.2) is 0 Å². The lowest BCUT2D eigenvalue weighted by Crippen LogP contribution is -2.31. The number of hydrogen-bond donors (Lipinski definition) is 1. The maximum atomic E-state index is 14.2. The predicted octanol–water partition coefficient (Wildman–Crippen LogP) is 2.21. The number of nitrogens with zero attached hydrogens (tertiary/aromatic N) is 1. The quantitative estimate of drug-likeness (QED) is 0.872. The lowest BCUT2D eigenvalue weighted by Gasteiger charge is -2.24. The first kappa shape index (κ1) is 16.2. The Bertz CT molecular complexity index is 434. The minimum atomic E-state index is -0.215. The summed E-state index contributed by atoms with van der Waals surface area (Å²) in [6, 6.07) is 4.92. The number of ether oxygens (including phenoxy) is 2. The van der Waals surface area contributed by atoms with Gasteiger partial charge < -0.3 is 19.7 Å². The fraction of sp³-hybridized carbons (Fsp3) is 0.625.